The molecule has 0 unspecified atom stereocenters. The first kappa shape index (κ1) is 12.5. The number of hydrogen-bond acceptors (Lipinski definition) is 5. The molecular weight excluding hydrogens is 252 g/mol. The summed E-state index contributed by atoms with van der Waals surface area (Å²) in [6, 6.07) is 2.82. The molecule has 9 heteroatoms. The summed E-state index contributed by atoms with van der Waals surface area (Å²) in [5.41, 5.74) is 2.68. The lowest BCUT2D eigenvalue weighted by Crippen LogP contribution is -2.36. The molecule has 0 bridgehead atoms. The molecule has 1 radical (unpaired) electrons. The zero-order chi connectivity index (χ0) is 13.8. The molecule has 0 aromatic carbocycles. The molecule has 2 N–H and O–H groups in total. The second kappa shape index (κ2) is 5.12. The standard InChI is InChI=1S/C10H9N6O3/c1-6(17)16(8-3-5-12-10(19)14-8)15-7-2-4-11-9(18)13-7/h2-5H,1H3,(H,11,13,18)(H,12,14,19). The van der Waals surface area contributed by atoms with Gasteiger partial charge in [-0.3, -0.25) is 9.78 Å². The van der Waals surface area contributed by atoms with Gasteiger partial charge in [-0.2, -0.15) is 9.99 Å². The highest BCUT2D eigenvalue weighted by atomic mass is 16.2. The molecule has 2 aromatic heterocycles. The highest BCUT2D eigenvalue weighted by molar-refractivity contribution is 5.89. The lowest BCUT2D eigenvalue weighted by Gasteiger charge is -2.17. The van der Waals surface area contributed by atoms with Crippen LogP contribution in [0.4, 0.5) is 11.6 Å². The first-order valence-corrected chi connectivity index (χ1v) is 5.19. The van der Waals surface area contributed by atoms with Crippen molar-refractivity contribution in [3.63, 3.8) is 0 Å². The Bertz CT molecular complexity index is 706. The van der Waals surface area contributed by atoms with Crippen molar-refractivity contribution in [2.24, 2.45) is 0 Å². The number of carbonyl (C=O) groups excluding carboxylic acids is 1. The van der Waals surface area contributed by atoms with Crippen molar-refractivity contribution in [2.75, 3.05) is 5.01 Å². The van der Waals surface area contributed by atoms with Crippen molar-refractivity contribution in [3.8, 4) is 0 Å². The number of amides is 1. The molecule has 0 atom stereocenters. The minimum absolute atomic E-state index is 0.0385. The minimum atomic E-state index is -0.613. The van der Waals surface area contributed by atoms with Crippen LogP contribution < -0.4 is 21.8 Å². The Morgan fingerprint density at radius 2 is 2.11 bits per heavy atom. The number of aromatic amines is 2. The van der Waals surface area contributed by atoms with Gasteiger partial charge < -0.3 is 4.98 Å². The molecule has 0 saturated carbocycles. The summed E-state index contributed by atoms with van der Waals surface area (Å²) >= 11 is 0. The van der Waals surface area contributed by atoms with Gasteiger partial charge in [0.15, 0.2) is 5.82 Å². The summed E-state index contributed by atoms with van der Waals surface area (Å²) < 4.78 is 0. The lowest BCUT2D eigenvalue weighted by atomic mass is 10.5. The Labute approximate surface area is 106 Å². The van der Waals surface area contributed by atoms with Gasteiger partial charge in [-0.05, 0) is 6.07 Å². The molecule has 0 saturated heterocycles. The molecule has 2 rings (SSSR count). The minimum Gasteiger partial charge on any atom is -0.313 e. The Balaban J connectivity index is 2.34. The third-order valence-electron chi connectivity index (χ3n) is 2.04. The average molecular weight is 261 g/mol. The summed E-state index contributed by atoms with van der Waals surface area (Å²) in [4.78, 5) is 45.3. The highest BCUT2D eigenvalue weighted by Gasteiger charge is 2.15. The van der Waals surface area contributed by atoms with Gasteiger partial charge in [-0.1, -0.05) is 0 Å². The summed E-state index contributed by atoms with van der Waals surface area (Å²) in [6.07, 6.45) is 2.59. The third kappa shape index (κ3) is 3.03. The fraction of sp³-hybridized carbons (Fsp3) is 0.100. The van der Waals surface area contributed by atoms with E-state index in [-0.39, 0.29) is 11.6 Å². The van der Waals surface area contributed by atoms with Crippen LogP contribution in [0.2, 0.25) is 0 Å². The normalized spacial score (nSPS) is 9.95. The molecule has 2 heterocycles. The Morgan fingerprint density at radius 1 is 1.32 bits per heavy atom. The van der Waals surface area contributed by atoms with Crippen molar-refractivity contribution < 1.29 is 4.79 Å². The van der Waals surface area contributed by atoms with Crippen LogP contribution in [0.25, 0.3) is 0 Å². The molecule has 1 amide bonds. The Hall–Kier alpha value is -2.97. The molecule has 0 aliphatic heterocycles. The number of nitrogens with one attached hydrogen (secondary N) is 2. The predicted molar refractivity (Wildman–Crippen MR) is 64.7 cm³/mol. The summed E-state index contributed by atoms with van der Waals surface area (Å²) in [5, 5.41) is 0.921. The average Bonchev–Trinajstić information content (AvgIpc) is 2.35. The van der Waals surface area contributed by atoms with Gasteiger partial charge >= 0.3 is 11.4 Å². The molecule has 19 heavy (non-hydrogen) atoms. The first-order chi connectivity index (χ1) is 9.06. The fourth-order valence-electron chi connectivity index (χ4n) is 1.30. The number of rotatable bonds is 3. The largest absolute Gasteiger partial charge is 0.346 e. The Kier molecular flexibility index (Phi) is 3.37. The van der Waals surface area contributed by atoms with Crippen LogP contribution in [-0.2, 0) is 4.79 Å². The molecule has 0 aliphatic carbocycles. The first-order valence-electron chi connectivity index (χ1n) is 5.19. The van der Waals surface area contributed by atoms with Crippen LogP contribution in [0.3, 0.4) is 0 Å². The van der Waals surface area contributed by atoms with Gasteiger partial charge in [-0.25, -0.2) is 14.6 Å². The number of H-pyrrole nitrogens is 2. The number of nitrogens with zero attached hydrogens (tertiary/aromatic N) is 4. The maximum atomic E-state index is 11.5. The van der Waals surface area contributed by atoms with Gasteiger partial charge in [0.25, 0.3) is 0 Å². The second-order valence-corrected chi connectivity index (χ2v) is 3.44. The molecule has 0 spiro atoms. The quantitative estimate of drug-likeness (QED) is 0.689. The monoisotopic (exact) mass is 261 g/mol. The molecule has 0 aliphatic rings. The maximum absolute atomic E-state index is 11.5. The van der Waals surface area contributed by atoms with Crippen LogP contribution in [0, 0.1) is 0 Å². The second-order valence-electron chi connectivity index (χ2n) is 3.44. The number of carbonyl (C=O) groups is 1. The van der Waals surface area contributed by atoms with E-state index >= 15 is 0 Å². The van der Waals surface area contributed by atoms with E-state index < -0.39 is 17.3 Å². The smallest absolute Gasteiger partial charge is 0.313 e. The van der Waals surface area contributed by atoms with Gasteiger partial charge in [-0.15, -0.1) is 5.43 Å². The van der Waals surface area contributed by atoms with E-state index in [1.165, 1.54) is 31.5 Å². The van der Waals surface area contributed by atoms with Crippen LogP contribution in [0.1, 0.15) is 6.92 Å². The molecule has 2 aromatic rings. The van der Waals surface area contributed by atoms with Crippen molar-refractivity contribution in [2.45, 2.75) is 6.92 Å². The van der Waals surface area contributed by atoms with Gasteiger partial charge in [0.05, 0.1) is 0 Å². The number of aromatic nitrogens is 4. The van der Waals surface area contributed by atoms with Crippen LogP contribution >= 0.6 is 0 Å². The maximum Gasteiger partial charge on any atom is 0.346 e. The topological polar surface area (TPSA) is 126 Å². The van der Waals surface area contributed by atoms with E-state index in [0.29, 0.717) is 0 Å². The van der Waals surface area contributed by atoms with Crippen LogP contribution in [0.5, 0.6) is 0 Å². The van der Waals surface area contributed by atoms with Crippen LogP contribution in [0.15, 0.2) is 34.1 Å². The zero-order valence-electron chi connectivity index (χ0n) is 9.82. The summed E-state index contributed by atoms with van der Waals surface area (Å²) in [7, 11) is 0. The van der Waals surface area contributed by atoms with Gasteiger partial charge in [0.1, 0.15) is 5.82 Å². The number of hydrogen-bond donors (Lipinski definition) is 2. The van der Waals surface area contributed by atoms with E-state index in [1.54, 1.807) is 0 Å². The zero-order valence-corrected chi connectivity index (χ0v) is 9.82. The van der Waals surface area contributed by atoms with E-state index in [0.717, 1.165) is 5.01 Å². The Morgan fingerprint density at radius 3 is 2.74 bits per heavy atom. The van der Waals surface area contributed by atoms with Crippen molar-refractivity contribution in [1.29, 1.82) is 0 Å². The van der Waals surface area contributed by atoms with E-state index in [1.807, 2.05) is 0 Å². The molecule has 9 nitrogen and oxygen atoms in total. The molecule has 97 valence electrons. The summed E-state index contributed by atoms with van der Waals surface area (Å²) in [6.45, 7) is 1.26. The van der Waals surface area contributed by atoms with Crippen molar-refractivity contribution >= 4 is 17.5 Å². The van der Waals surface area contributed by atoms with E-state index in [9.17, 15) is 14.4 Å². The number of anilines is 1. The lowest BCUT2D eigenvalue weighted by molar-refractivity contribution is -0.117. The third-order valence-corrected chi connectivity index (χ3v) is 2.04. The van der Waals surface area contributed by atoms with Crippen molar-refractivity contribution in [1.82, 2.24) is 25.4 Å². The van der Waals surface area contributed by atoms with Gasteiger partial charge in [0, 0.05) is 25.4 Å². The SMILES string of the molecule is CC(=O)N([N]c1cc[nH]c(=O)n1)c1ccnc(=O)[nH]1. The fourth-order valence-corrected chi connectivity index (χ4v) is 1.30. The van der Waals surface area contributed by atoms with Gasteiger partial charge in [0.2, 0.25) is 5.91 Å². The summed E-state index contributed by atoms with van der Waals surface area (Å²) in [5.74, 6) is -0.282. The highest BCUT2D eigenvalue weighted by Crippen LogP contribution is 2.09. The van der Waals surface area contributed by atoms with Crippen molar-refractivity contribution in [3.05, 3.63) is 45.5 Å². The van der Waals surface area contributed by atoms with Crippen LogP contribution in [-0.4, -0.2) is 25.8 Å². The van der Waals surface area contributed by atoms with E-state index in [4.69, 9.17) is 0 Å². The van der Waals surface area contributed by atoms with E-state index in [2.05, 4.69) is 25.4 Å². The predicted octanol–water partition coefficient (Wildman–Crippen LogP) is -0.943. The molecular formula is C10H9N6O3. The molecule has 0 fully saturated rings.